The van der Waals surface area contributed by atoms with Crippen LogP contribution >= 0.6 is 0 Å². The summed E-state index contributed by atoms with van der Waals surface area (Å²) in [5.74, 6) is 0.923. The Morgan fingerprint density at radius 1 is 1.00 bits per heavy atom. The molecular formula is C14H22N2O2. The normalized spacial score (nSPS) is 26.7. The second-order valence-corrected chi connectivity index (χ2v) is 6.29. The zero-order valence-corrected chi connectivity index (χ0v) is 11.2. The van der Waals surface area contributed by atoms with Crippen LogP contribution in [-0.4, -0.2) is 47.8 Å². The molecule has 2 heterocycles. The van der Waals surface area contributed by atoms with Crippen molar-refractivity contribution in [1.29, 1.82) is 0 Å². The molecular weight excluding hydrogens is 228 g/mol. The van der Waals surface area contributed by atoms with Gasteiger partial charge in [-0.1, -0.05) is 0 Å². The summed E-state index contributed by atoms with van der Waals surface area (Å²) in [6.45, 7) is 5.28. The maximum atomic E-state index is 12.1. The molecule has 1 spiro atoms. The van der Waals surface area contributed by atoms with Gasteiger partial charge in [-0.3, -0.25) is 9.59 Å². The van der Waals surface area contributed by atoms with E-state index in [0.717, 1.165) is 58.3 Å². The average molecular weight is 250 g/mol. The lowest BCUT2D eigenvalue weighted by Crippen LogP contribution is -2.44. The monoisotopic (exact) mass is 250 g/mol. The van der Waals surface area contributed by atoms with Gasteiger partial charge in [0.25, 0.3) is 0 Å². The SMILES string of the molecule is CC(=O)N1CCC2(CC1)CCN(C(=O)C1CC1)C2. The minimum atomic E-state index is 0.189. The second-order valence-electron chi connectivity index (χ2n) is 6.29. The molecule has 0 aromatic rings. The summed E-state index contributed by atoms with van der Waals surface area (Å²) in [5.41, 5.74) is 0.316. The lowest BCUT2D eigenvalue weighted by atomic mass is 9.78. The van der Waals surface area contributed by atoms with E-state index in [4.69, 9.17) is 0 Å². The Morgan fingerprint density at radius 2 is 1.56 bits per heavy atom. The number of hydrogen-bond acceptors (Lipinski definition) is 2. The number of rotatable bonds is 1. The fourth-order valence-corrected chi connectivity index (χ4v) is 3.42. The van der Waals surface area contributed by atoms with Crippen molar-refractivity contribution in [3.63, 3.8) is 0 Å². The number of carbonyl (C=O) groups is 2. The average Bonchev–Trinajstić information content (AvgIpc) is 3.13. The third-order valence-corrected chi connectivity index (χ3v) is 4.95. The highest BCUT2D eigenvalue weighted by Crippen LogP contribution is 2.42. The van der Waals surface area contributed by atoms with Gasteiger partial charge < -0.3 is 9.80 Å². The van der Waals surface area contributed by atoms with Crippen molar-refractivity contribution in [3.05, 3.63) is 0 Å². The predicted molar refractivity (Wildman–Crippen MR) is 67.8 cm³/mol. The van der Waals surface area contributed by atoms with E-state index in [1.807, 2.05) is 4.90 Å². The van der Waals surface area contributed by atoms with Crippen LogP contribution in [0, 0.1) is 11.3 Å². The highest BCUT2D eigenvalue weighted by molar-refractivity contribution is 5.81. The maximum Gasteiger partial charge on any atom is 0.225 e. The molecule has 0 radical (unpaired) electrons. The van der Waals surface area contributed by atoms with Crippen LogP contribution < -0.4 is 0 Å². The van der Waals surface area contributed by atoms with Crippen molar-refractivity contribution >= 4 is 11.8 Å². The lowest BCUT2D eigenvalue weighted by molar-refractivity contribution is -0.134. The molecule has 0 N–H and O–H groups in total. The third kappa shape index (κ3) is 2.13. The smallest absolute Gasteiger partial charge is 0.225 e. The summed E-state index contributed by atoms with van der Waals surface area (Å²) in [6.07, 6.45) is 5.47. The summed E-state index contributed by atoms with van der Waals surface area (Å²) >= 11 is 0. The topological polar surface area (TPSA) is 40.6 Å². The molecule has 2 amide bonds. The van der Waals surface area contributed by atoms with Gasteiger partial charge in [0.15, 0.2) is 0 Å². The number of nitrogens with zero attached hydrogens (tertiary/aromatic N) is 2. The number of amides is 2. The van der Waals surface area contributed by atoms with Crippen LogP contribution in [0.5, 0.6) is 0 Å². The van der Waals surface area contributed by atoms with Crippen LogP contribution in [0.25, 0.3) is 0 Å². The number of hydrogen-bond donors (Lipinski definition) is 0. The van der Waals surface area contributed by atoms with Gasteiger partial charge in [-0.15, -0.1) is 0 Å². The van der Waals surface area contributed by atoms with Gasteiger partial charge in [0.1, 0.15) is 0 Å². The van der Waals surface area contributed by atoms with Crippen LogP contribution in [0.15, 0.2) is 0 Å². The largest absolute Gasteiger partial charge is 0.343 e. The molecule has 100 valence electrons. The first-order valence-electron chi connectivity index (χ1n) is 7.14. The molecule has 0 bridgehead atoms. The van der Waals surface area contributed by atoms with Gasteiger partial charge in [0.05, 0.1) is 0 Å². The first kappa shape index (κ1) is 12.0. The first-order chi connectivity index (χ1) is 8.60. The van der Waals surface area contributed by atoms with E-state index >= 15 is 0 Å². The van der Waals surface area contributed by atoms with Crippen LogP contribution in [0.1, 0.15) is 39.0 Å². The van der Waals surface area contributed by atoms with Crippen molar-refractivity contribution in [3.8, 4) is 0 Å². The van der Waals surface area contributed by atoms with E-state index in [0.29, 0.717) is 17.2 Å². The maximum absolute atomic E-state index is 12.1. The quantitative estimate of drug-likeness (QED) is 0.703. The molecule has 2 aliphatic heterocycles. The molecule has 3 aliphatic rings. The van der Waals surface area contributed by atoms with E-state index in [1.165, 1.54) is 0 Å². The fourth-order valence-electron chi connectivity index (χ4n) is 3.42. The summed E-state index contributed by atoms with van der Waals surface area (Å²) in [4.78, 5) is 27.4. The molecule has 0 aromatic carbocycles. The Bertz CT molecular complexity index is 368. The molecule has 4 heteroatoms. The van der Waals surface area contributed by atoms with Crippen molar-refractivity contribution < 1.29 is 9.59 Å². The molecule has 3 fully saturated rings. The van der Waals surface area contributed by atoms with Crippen molar-refractivity contribution in [2.75, 3.05) is 26.2 Å². The summed E-state index contributed by atoms with van der Waals surface area (Å²) < 4.78 is 0. The van der Waals surface area contributed by atoms with E-state index in [1.54, 1.807) is 6.92 Å². The highest BCUT2D eigenvalue weighted by Gasteiger charge is 2.44. The number of likely N-dealkylation sites (tertiary alicyclic amines) is 2. The fraction of sp³-hybridized carbons (Fsp3) is 0.857. The number of carbonyl (C=O) groups excluding carboxylic acids is 2. The van der Waals surface area contributed by atoms with Crippen LogP contribution in [0.2, 0.25) is 0 Å². The molecule has 3 rings (SSSR count). The Balaban J connectivity index is 1.58. The molecule has 0 unspecified atom stereocenters. The Morgan fingerprint density at radius 3 is 2.06 bits per heavy atom. The van der Waals surface area contributed by atoms with Gasteiger partial charge in [-0.25, -0.2) is 0 Å². The molecule has 1 aliphatic carbocycles. The molecule has 18 heavy (non-hydrogen) atoms. The summed E-state index contributed by atoms with van der Waals surface area (Å²) in [5, 5.41) is 0. The van der Waals surface area contributed by atoms with Crippen LogP contribution in [0.4, 0.5) is 0 Å². The van der Waals surface area contributed by atoms with E-state index in [9.17, 15) is 9.59 Å². The zero-order valence-electron chi connectivity index (χ0n) is 11.2. The van der Waals surface area contributed by atoms with Gasteiger partial charge >= 0.3 is 0 Å². The Labute approximate surface area is 108 Å². The van der Waals surface area contributed by atoms with E-state index in [-0.39, 0.29) is 5.91 Å². The van der Waals surface area contributed by atoms with Crippen molar-refractivity contribution in [1.82, 2.24) is 9.80 Å². The standard InChI is InChI=1S/C14H22N2O2/c1-11(17)15-7-4-14(5-8-15)6-9-16(10-14)13(18)12-2-3-12/h12H,2-10H2,1H3. The summed E-state index contributed by atoms with van der Waals surface area (Å²) in [6, 6.07) is 0. The van der Waals surface area contributed by atoms with Crippen LogP contribution in [-0.2, 0) is 9.59 Å². The van der Waals surface area contributed by atoms with Gasteiger partial charge in [0, 0.05) is 39.0 Å². The highest BCUT2D eigenvalue weighted by atomic mass is 16.2. The van der Waals surface area contributed by atoms with Crippen molar-refractivity contribution in [2.24, 2.45) is 11.3 Å². The van der Waals surface area contributed by atoms with E-state index < -0.39 is 0 Å². The van der Waals surface area contributed by atoms with Crippen LogP contribution in [0.3, 0.4) is 0 Å². The molecule has 0 aromatic heterocycles. The minimum absolute atomic E-state index is 0.189. The molecule has 1 saturated carbocycles. The van der Waals surface area contributed by atoms with Gasteiger partial charge in [-0.05, 0) is 37.5 Å². The third-order valence-electron chi connectivity index (χ3n) is 4.95. The van der Waals surface area contributed by atoms with Gasteiger partial charge in [-0.2, -0.15) is 0 Å². The van der Waals surface area contributed by atoms with Crippen molar-refractivity contribution in [2.45, 2.75) is 39.0 Å². The first-order valence-corrected chi connectivity index (χ1v) is 7.14. The molecule has 0 atom stereocenters. The Kier molecular flexibility index (Phi) is 2.83. The molecule has 2 saturated heterocycles. The molecule has 4 nitrogen and oxygen atoms in total. The predicted octanol–water partition coefficient (Wildman–Crippen LogP) is 1.26. The number of piperidine rings is 1. The second kappa shape index (κ2) is 4.25. The zero-order chi connectivity index (χ0) is 12.8. The Hall–Kier alpha value is -1.06. The lowest BCUT2D eigenvalue weighted by Gasteiger charge is -2.38. The summed E-state index contributed by atoms with van der Waals surface area (Å²) in [7, 11) is 0. The van der Waals surface area contributed by atoms with Gasteiger partial charge in [0.2, 0.25) is 11.8 Å². The van der Waals surface area contributed by atoms with E-state index in [2.05, 4.69) is 4.90 Å². The minimum Gasteiger partial charge on any atom is -0.343 e.